The lowest BCUT2D eigenvalue weighted by atomic mass is 10.3. The molecule has 0 unspecified atom stereocenters. The second-order valence-corrected chi connectivity index (χ2v) is 6.58. The number of aromatic nitrogens is 1. The first-order valence-electron chi connectivity index (χ1n) is 6.79. The number of nitrogens with one attached hydrogen (secondary N) is 2. The lowest BCUT2D eigenvalue weighted by Gasteiger charge is -2.14. The van der Waals surface area contributed by atoms with Crippen LogP contribution < -0.4 is 14.8 Å². The monoisotopic (exact) mass is 377 g/mol. The van der Waals surface area contributed by atoms with Gasteiger partial charge >= 0.3 is 6.36 Å². The molecule has 1 aromatic heterocycles. The molecule has 2 aromatic rings. The Balaban J connectivity index is 2.36. The first-order valence-corrected chi connectivity index (χ1v) is 8.28. The fourth-order valence-electron chi connectivity index (χ4n) is 2.00. The summed E-state index contributed by atoms with van der Waals surface area (Å²) in [4.78, 5) is 11.4. The van der Waals surface area contributed by atoms with Crippen LogP contribution in [0, 0.1) is 0 Å². The molecule has 11 heteroatoms. The first-order chi connectivity index (χ1) is 11.5. The fourth-order valence-corrected chi connectivity index (χ4v) is 3.14. The molecule has 136 valence electrons. The number of alkyl halides is 3. The van der Waals surface area contributed by atoms with E-state index in [1.807, 2.05) is 4.72 Å². The van der Waals surface area contributed by atoms with Gasteiger partial charge in [-0.3, -0.25) is 9.52 Å². The summed E-state index contributed by atoms with van der Waals surface area (Å²) in [6.45, 7) is 0. The summed E-state index contributed by atoms with van der Waals surface area (Å²) in [5.41, 5.74) is -0.312. The Labute approximate surface area is 141 Å². The zero-order valence-corrected chi connectivity index (χ0v) is 13.9. The predicted molar refractivity (Wildman–Crippen MR) is 82.7 cm³/mol. The van der Waals surface area contributed by atoms with Crippen LogP contribution in [0.3, 0.4) is 0 Å². The minimum absolute atomic E-state index is 0.0719. The number of aryl methyl sites for hydroxylation is 1. The number of carbonyl (C=O) groups excluding carboxylic acids is 1. The second kappa shape index (κ2) is 6.67. The van der Waals surface area contributed by atoms with Crippen molar-refractivity contribution < 1.29 is 31.1 Å². The molecule has 0 saturated heterocycles. The van der Waals surface area contributed by atoms with Crippen LogP contribution in [0.5, 0.6) is 5.75 Å². The predicted octanol–water partition coefficient (Wildman–Crippen LogP) is 2.08. The third-order valence-electron chi connectivity index (χ3n) is 3.11. The van der Waals surface area contributed by atoms with Crippen molar-refractivity contribution in [2.24, 2.45) is 7.05 Å². The number of hydrogen-bond donors (Lipinski definition) is 2. The maximum absolute atomic E-state index is 12.4. The van der Waals surface area contributed by atoms with Crippen LogP contribution in [0.4, 0.5) is 18.9 Å². The van der Waals surface area contributed by atoms with Crippen LogP contribution in [0.15, 0.2) is 41.4 Å². The Hall–Kier alpha value is -2.69. The van der Waals surface area contributed by atoms with Crippen molar-refractivity contribution in [3.8, 4) is 5.75 Å². The number of nitrogens with zero attached hydrogens (tertiary/aromatic N) is 1. The third kappa shape index (κ3) is 4.44. The minimum atomic E-state index is -4.97. The number of halogens is 3. The van der Waals surface area contributed by atoms with Crippen molar-refractivity contribution in [3.63, 3.8) is 0 Å². The van der Waals surface area contributed by atoms with E-state index in [2.05, 4.69) is 10.1 Å². The molecule has 2 rings (SSSR count). The molecule has 0 fully saturated rings. The molecule has 0 bridgehead atoms. The van der Waals surface area contributed by atoms with Gasteiger partial charge in [-0.15, -0.1) is 13.2 Å². The van der Waals surface area contributed by atoms with Gasteiger partial charge < -0.3 is 14.6 Å². The van der Waals surface area contributed by atoms with Crippen molar-refractivity contribution in [3.05, 3.63) is 42.2 Å². The summed E-state index contributed by atoms with van der Waals surface area (Å²) in [6, 6.07) is 5.83. The van der Waals surface area contributed by atoms with Crippen LogP contribution in [-0.2, 0) is 17.1 Å². The number of amides is 1. The number of hydrogen-bond acceptors (Lipinski definition) is 4. The van der Waals surface area contributed by atoms with Crippen molar-refractivity contribution in [1.29, 1.82) is 0 Å². The zero-order chi connectivity index (χ0) is 18.8. The first kappa shape index (κ1) is 18.6. The highest BCUT2D eigenvalue weighted by Crippen LogP contribution is 2.31. The standard InChI is InChI=1S/C14H14F3N3O4S/c1-18-13(21)11-7-9(8-20(11)2)25(22,23)19-10-5-3-4-6-12(10)24-14(15,16)17/h3-8,19H,1-2H3,(H,18,21). The van der Waals surface area contributed by atoms with E-state index >= 15 is 0 Å². The van der Waals surface area contributed by atoms with E-state index in [4.69, 9.17) is 0 Å². The molecule has 1 aromatic carbocycles. The Morgan fingerprint density at radius 3 is 2.48 bits per heavy atom. The highest BCUT2D eigenvalue weighted by molar-refractivity contribution is 7.92. The maximum Gasteiger partial charge on any atom is 0.573 e. The lowest BCUT2D eigenvalue weighted by Crippen LogP contribution is -2.20. The summed E-state index contributed by atoms with van der Waals surface area (Å²) in [5.74, 6) is -1.20. The molecule has 0 radical (unpaired) electrons. The number of para-hydroxylation sites is 2. The molecule has 25 heavy (non-hydrogen) atoms. The Kier molecular flexibility index (Phi) is 4.97. The van der Waals surface area contributed by atoms with Gasteiger partial charge in [0.05, 0.1) is 5.69 Å². The van der Waals surface area contributed by atoms with E-state index in [0.29, 0.717) is 0 Å². The molecule has 1 heterocycles. The number of rotatable bonds is 5. The second-order valence-electron chi connectivity index (χ2n) is 4.90. The number of benzene rings is 1. The van der Waals surface area contributed by atoms with Gasteiger partial charge in [0.25, 0.3) is 15.9 Å². The zero-order valence-electron chi connectivity index (χ0n) is 13.1. The van der Waals surface area contributed by atoms with E-state index in [-0.39, 0.29) is 16.3 Å². The van der Waals surface area contributed by atoms with E-state index in [1.165, 1.54) is 37.0 Å². The average Bonchev–Trinajstić information content (AvgIpc) is 2.90. The van der Waals surface area contributed by atoms with Crippen LogP contribution in [0.2, 0.25) is 0 Å². The van der Waals surface area contributed by atoms with Crippen LogP contribution in [0.25, 0.3) is 0 Å². The Morgan fingerprint density at radius 2 is 1.88 bits per heavy atom. The molecule has 0 aliphatic rings. The smallest absolute Gasteiger partial charge is 0.404 e. The van der Waals surface area contributed by atoms with Gasteiger partial charge in [0.15, 0.2) is 5.75 Å². The number of sulfonamides is 1. The number of anilines is 1. The molecule has 7 nitrogen and oxygen atoms in total. The van der Waals surface area contributed by atoms with E-state index in [1.54, 1.807) is 0 Å². The van der Waals surface area contributed by atoms with Crippen LogP contribution in [0.1, 0.15) is 10.5 Å². The molecule has 0 atom stereocenters. The highest BCUT2D eigenvalue weighted by Gasteiger charge is 2.32. The summed E-state index contributed by atoms with van der Waals surface area (Å²) < 4.78 is 69.2. The normalized spacial score (nSPS) is 11.9. The molecule has 0 aliphatic heterocycles. The SMILES string of the molecule is CNC(=O)c1cc(S(=O)(=O)Nc2ccccc2OC(F)(F)F)cn1C. The van der Waals surface area contributed by atoms with E-state index < -0.39 is 28.0 Å². The minimum Gasteiger partial charge on any atom is -0.404 e. The molecule has 1 amide bonds. The van der Waals surface area contributed by atoms with Gasteiger partial charge in [-0.05, 0) is 18.2 Å². The van der Waals surface area contributed by atoms with Crippen molar-refractivity contribution in [1.82, 2.24) is 9.88 Å². The molecular formula is C14H14F3N3O4S. The third-order valence-corrected chi connectivity index (χ3v) is 4.44. The average molecular weight is 377 g/mol. The highest BCUT2D eigenvalue weighted by atomic mass is 32.2. The largest absolute Gasteiger partial charge is 0.573 e. The fraction of sp³-hybridized carbons (Fsp3) is 0.214. The van der Waals surface area contributed by atoms with Gasteiger partial charge in [0, 0.05) is 20.3 Å². The molecule has 0 aliphatic carbocycles. The Morgan fingerprint density at radius 1 is 1.24 bits per heavy atom. The molecule has 0 spiro atoms. The summed E-state index contributed by atoms with van der Waals surface area (Å²) in [7, 11) is -1.39. The van der Waals surface area contributed by atoms with E-state index in [9.17, 15) is 26.4 Å². The number of ether oxygens (including phenoxy) is 1. The molecule has 2 N–H and O–H groups in total. The van der Waals surface area contributed by atoms with E-state index in [0.717, 1.165) is 18.2 Å². The van der Waals surface area contributed by atoms with Crippen molar-refractivity contribution in [2.75, 3.05) is 11.8 Å². The van der Waals surface area contributed by atoms with Gasteiger partial charge in [-0.25, -0.2) is 8.42 Å². The van der Waals surface area contributed by atoms with Gasteiger partial charge in [-0.1, -0.05) is 12.1 Å². The van der Waals surface area contributed by atoms with Gasteiger partial charge in [0.1, 0.15) is 10.6 Å². The molecule has 0 saturated carbocycles. The molecular weight excluding hydrogens is 363 g/mol. The van der Waals surface area contributed by atoms with Gasteiger partial charge in [-0.2, -0.15) is 0 Å². The number of carbonyl (C=O) groups is 1. The maximum atomic E-state index is 12.4. The van der Waals surface area contributed by atoms with Crippen molar-refractivity contribution >= 4 is 21.6 Å². The van der Waals surface area contributed by atoms with Crippen LogP contribution >= 0.6 is 0 Å². The summed E-state index contributed by atoms with van der Waals surface area (Å²) in [6.07, 6.45) is -3.80. The van der Waals surface area contributed by atoms with Gasteiger partial charge in [0.2, 0.25) is 0 Å². The van der Waals surface area contributed by atoms with Crippen LogP contribution in [-0.4, -0.2) is 32.3 Å². The van der Waals surface area contributed by atoms with Crippen molar-refractivity contribution in [2.45, 2.75) is 11.3 Å². The summed E-state index contributed by atoms with van der Waals surface area (Å²) in [5, 5.41) is 2.35. The summed E-state index contributed by atoms with van der Waals surface area (Å²) >= 11 is 0. The lowest BCUT2D eigenvalue weighted by molar-refractivity contribution is -0.274. The topological polar surface area (TPSA) is 89.4 Å². The quantitative estimate of drug-likeness (QED) is 0.835. The Bertz CT molecular complexity index is 891.